The molecule has 3 heterocycles. The van der Waals surface area contributed by atoms with Crippen LogP contribution in [0.1, 0.15) is 49.1 Å². The first-order chi connectivity index (χ1) is 12.6. The lowest BCUT2D eigenvalue weighted by atomic mass is 9.89. The number of para-hydroxylation sites is 1. The molecule has 26 heavy (non-hydrogen) atoms. The number of nitrogens with zero attached hydrogens (tertiary/aromatic N) is 2. The molecule has 0 aliphatic carbocycles. The summed E-state index contributed by atoms with van der Waals surface area (Å²) >= 11 is 0. The van der Waals surface area contributed by atoms with Crippen molar-refractivity contribution in [3.63, 3.8) is 0 Å². The highest BCUT2D eigenvalue weighted by Crippen LogP contribution is 2.32. The van der Waals surface area contributed by atoms with Crippen molar-refractivity contribution in [3.05, 3.63) is 47.3 Å². The summed E-state index contributed by atoms with van der Waals surface area (Å²) in [6.07, 6.45) is 5.49. The molecule has 138 valence electrons. The van der Waals surface area contributed by atoms with E-state index in [9.17, 15) is 4.79 Å². The number of piperidine rings is 1. The Morgan fingerprint density at radius 1 is 1.23 bits per heavy atom. The van der Waals surface area contributed by atoms with Gasteiger partial charge in [0.05, 0.1) is 11.4 Å². The first kappa shape index (κ1) is 17.3. The molecule has 2 aliphatic heterocycles. The molecular formula is C21H28N4O. The summed E-state index contributed by atoms with van der Waals surface area (Å²) in [6, 6.07) is 11.5. The van der Waals surface area contributed by atoms with E-state index >= 15 is 0 Å². The second-order valence-corrected chi connectivity index (χ2v) is 7.92. The third-order valence-corrected chi connectivity index (χ3v) is 5.75. The Bertz CT molecular complexity index is 785. The van der Waals surface area contributed by atoms with Gasteiger partial charge in [0.2, 0.25) is 5.91 Å². The SMILES string of the molecule is Cc1cc(C)n(-c2ccccc2CNC(=O)CC2CC3CCC(C2)N3)n1. The molecule has 2 saturated heterocycles. The Balaban J connectivity index is 1.39. The zero-order valence-corrected chi connectivity index (χ0v) is 15.7. The minimum absolute atomic E-state index is 0.166. The van der Waals surface area contributed by atoms with Crippen LogP contribution in [0.25, 0.3) is 5.69 Å². The Hall–Kier alpha value is -2.14. The normalized spacial score (nSPS) is 24.6. The van der Waals surface area contributed by atoms with E-state index in [2.05, 4.69) is 40.9 Å². The number of hydrogen-bond donors (Lipinski definition) is 2. The quantitative estimate of drug-likeness (QED) is 0.870. The molecule has 2 aliphatic rings. The van der Waals surface area contributed by atoms with Gasteiger partial charge < -0.3 is 10.6 Å². The molecule has 0 radical (unpaired) electrons. The first-order valence-corrected chi connectivity index (χ1v) is 9.73. The van der Waals surface area contributed by atoms with Crippen LogP contribution in [-0.4, -0.2) is 27.8 Å². The zero-order chi connectivity index (χ0) is 18.1. The molecule has 0 spiro atoms. The van der Waals surface area contributed by atoms with Crippen LogP contribution in [0.4, 0.5) is 0 Å². The Kier molecular flexibility index (Phi) is 4.81. The Morgan fingerprint density at radius 2 is 1.96 bits per heavy atom. The van der Waals surface area contributed by atoms with Gasteiger partial charge in [-0.3, -0.25) is 4.79 Å². The number of aromatic nitrogens is 2. The van der Waals surface area contributed by atoms with Crippen LogP contribution in [0.15, 0.2) is 30.3 Å². The van der Waals surface area contributed by atoms with Gasteiger partial charge in [0.15, 0.2) is 0 Å². The lowest BCUT2D eigenvalue weighted by molar-refractivity contribution is -0.122. The molecule has 5 heteroatoms. The molecule has 1 amide bonds. The van der Waals surface area contributed by atoms with E-state index in [-0.39, 0.29) is 5.91 Å². The van der Waals surface area contributed by atoms with Crippen LogP contribution in [0, 0.1) is 19.8 Å². The van der Waals surface area contributed by atoms with Gasteiger partial charge in [0.25, 0.3) is 0 Å². The van der Waals surface area contributed by atoms with Gasteiger partial charge in [-0.25, -0.2) is 4.68 Å². The predicted molar refractivity (Wildman–Crippen MR) is 102 cm³/mol. The molecule has 2 fully saturated rings. The fraction of sp³-hybridized carbons (Fsp3) is 0.524. The topological polar surface area (TPSA) is 59.0 Å². The summed E-state index contributed by atoms with van der Waals surface area (Å²) in [5.41, 5.74) is 4.24. The predicted octanol–water partition coefficient (Wildman–Crippen LogP) is 3.03. The van der Waals surface area contributed by atoms with Crippen LogP contribution in [-0.2, 0) is 11.3 Å². The van der Waals surface area contributed by atoms with Crippen molar-refractivity contribution < 1.29 is 4.79 Å². The summed E-state index contributed by atoms with van der Waals surface area (Å²) in [7, 11) is 0. The number of carbonyl (C=O) groups is 1. The monoisotopic (exact) mass is 352 g/mol. The van der Waals surface area contributed by atoms with Crippen molar-refractivity contribution in [1.29, 1.82) is 0 Å². The number of benzene rings is 1. The van der Waals surface area contributed by atoms with E-state index in [1.54, 1.807) is 0 Å². The zero-order valence-electron chi connectivity index (χ0n) is 15.7. The van der Waals surface area contributed by atoms with E-state index in [1.165, 1.54) is 12.8 Å². The number of carbonyl (C=O) groups excluding carboxylic acids is 1. The molecule has 2 unspecified atom stereocenters. The molecule has 2 bridgehead atoms. The minimum Gasteiger partial charge on any atom is -0.352 e. The summed E-state index contributed by atoms with van der Waals surface area (Å²) < 4.78 is 1.96. The Morgan fingerprint density at radius 3 is 2.65 bits per heavy atom. The third-order valence-electron chi connectivity index (χ3n) is 5.75. The summed E-state index contributed by atoms with van der Waals surface area (Å²) in [5, 5.41) is 11.4. The van der Waals surface area contributed by atoms with Gasteiger partial charge in [-0.05, 0) is 63.1 Å². The average Bonchev–Trinajstić information content (AvgIpc) is 3.14. The fourth-order valence-corrected chi connectivity index (χ4v) is 4.61. The van der Waals surface area contributed by atoms with E-state index in [1.807, 2.05) is 23.7 Å². The van der Waals surface area contributed by atoms with Gasteiger partial charge in [-0.2, -0.15) is 5.10 Å². The first-order valence-electron chi connectivity index (χ1n) is 9.73. The standard InChI is InChI=1S/C21H28N4O/c1-14-9-15(2)25(24-14)20-6-4-3-5-17(20)13-22-21(26)12-16-10-18-7-8-19(11-16)23-18/h3-6,9,16,18-19,23H,7-8,10-13H2,1-2H3,(H,22,26). The highest BCUT2D eigenvalue weighted by molar-refractivity contribution is 5.76. The van der Waals surface area contributed by atoms with Crippen molar-refractivity contribution in [1.82, 2.24) is 20.4 Å². The number of aryl methyl sites for hydroxylation is 2. The lowest BCUT2D eigenvalue weighted by Crippen LogP contribution is -2.39. The molecule has 2 aromatic rings. The van der Waals surface area contributed by atoms with E-state index < -0.39 is 0 Å². The van der Waals surface area contributed by atoms with Crippen molar-refractivity contribution in [3.8, 4) is 5.69 Å². The van der Waals surface area contributed by atoms with Crippen molar-refractivity contribution >= 4 is 5.91 Å². The second-order valence-electron chi connectivity index (χ2n) is 7.92. The number of rotatable bonds is 5. The highest BCUT2D eigenvalue weighted by atomic mass is 16.1. The largest absolute Gasteiger partial charge is 0.352 e. The van der Waals surface area contributed by atoms with E-state index in [4.69, 9.17) is 0 Å². The number of hydrogen-bond acceptors (Lipinski definition) is 3. The van der Waals surface area contributed by atoms with Crippen LogP contribution in [0.2, 0.25) is 0 Å². The maximum Gasteiger partial charge on any atom is 0.220 e. The summed E-state index contributed by atoms with van der Waals surface area (Å²) in [4.78, 5) is 12.5. The van der Waals surface area contributed by atoms with Gasteiger partial charge in [-0.1, -0.05) is 18.2 Å². The molecule has 1 aromatic carbocycles. The molecular weight excluding hydrogens is 324 g/mol. The molecule has 2 N–H and O–H groups in total. The maximum absolute atomic E-state index is 12.5. The second kappa shape index (κ2) is 7.23. The highest BCUT2D eigenvalue weighted by Gasteiger charge is 2.34. The summed E-state index contributed by atoms with van der Waals surface area (Å²) in [6.45, 7) is 4.60. The fourth-order valence-electron chi connectivity index (χ4n) is 4.61. The summed E-state index contributed by atoms with van der Waals surface area (Å²) in [5.74, 6) is 0.694. The number of fused-ring (bicyclic) bond motifs is 2. The van der Waals surface area contributed by atoms with Gasteiger partial charge in [0.1, 0.15) is 0 Å². The van der Waals surface area contributed by atoms with Crippen LogP contribution in [0.3, 0.4) is 0 Å². The maximum atomic E-state index is 12.5. The van der Waals surface area contributed by atoms with Crippen LogP contribution < -0.4 is 10.6 Å². The van der Waals surface area contributed by atoms with Crippen molar-refractivity contribution in [2.45, 2.75) is 64.6 Å². The van der Waals surface area contributed by atoms with Crippen LogP contribution in [0.5, 0.6) is 0 Å². The van der Waals surface area contributed by atoms with Crippen molar-refractivity contribution in [2.75, 3.05) is 0 Å². The molecule has 0 saturated carbocycles. The molecule has 5 nitrogen and oxygen atoms in total. The van der Waals surface area contributed by atoms with Gasteiger partial charge in [0, 0.05) is 30.7 Å². The smallest absolute Gasteiger partial charge is 0.220 e. The lowest BCUT2D eigenvalue weighted by Gasteiger charge is -2.28. The van der Waals surface area contributed by atoms with Gasteiger partial charge in [-0.15, -0.1) is 0 Å². The number of nitrogens with one attached hydrogen (secondary N) is 2. The molecule has 2 atom stereocenters. The van der Waals surface area contributed by atoms with E-state index in [0.717, 1.165) is 35.5 Å². The van der Waals surface area contributed by atoms with Gasteiger partial charge >= 0.3 is 0 Å². The van der Waals surface area contributed by atoms with E-state index in [0.29, 0.717) is 31.0 Å². The minimum atomic E-state index is 0.166. The molecule has 4 rings (SSSR count). The average molecular weight is 352 g/mol. The van der Waals surface area contributed by atoms with Crippen molar-refractivity contribution in [2.24, 2.45) is 5.92 Å². The third kappa shape index (κ3) is 3.68. The molecule has 1 aromatic heterocycles. The van der Waals surface area contributed by atoms with Crippen LogP contribution >= 0.6 is 0 Å². The number of amides is 1. The Labute approximate surface area is 155 Å².